The molecule has 1 atom stereocenters. The summed E-state index contributed by atoms with van der Waals surface area (Å²) in [7, 11) is 3.48. The monoisotopic (exact) mass is 347 g/mol. The number of amides is 2. The molecule has 2 amide bonds. The van der Waals surface area contributed by atoms with E-state index in [1.54, 1.807) is 48.2 Å². The molecule has 2 aromatic rings. The standard InChI is InChI=1S/C16H18ClN5O2/c1-20-10-13(8-19-20)22-9-11(3-6-15(22)23)16(24)21(2)14-5-4-12(17)7-18-14/h4-5,7-8,10-11H,3,6,9H2,1-2H3. The summed E-state index contributed by atoms with van der Waals surface area (Å²) in [4.78, 5) is 32.3. The summed E-state index contributed by atoms with van der Waals surface area (Å²) in [6, 6.07) is 3.40. The summed E-state index contributed by atoms with van der Waals surface area (Å²) >= 11 is 5.83. The van der Waals surface area contributed by atoms with Gasteiger partial charge in [0.25, 0.3) is 0 Å². The third-order valence-corrected chi connectivity index (χ3v) is 4.37. The minimum absolute atomic E-state index is 0.0133. The minimum Gasteiger partial charge on any atom is -0.309 e. The number of aryl methyl sites for hydroxylation is 1. The first-order valence-electron chi connectivity index (χ1n) is 7.64. The van der Waals surface area contributed by atoms with E-state index >= 15 is 0 Å². The lowest BCUT2D eigenvalue weighted by molar-refractivity contribution is -0.125. The van der Waals surface area contributed by atoms with Crippen molar-refractivity contribution in [2.75, 3.05) is 23.4 Å². The van der Waals surface area contributed by atoms with Crippen LogP contribution in [0, 0.1) is 5.92 Å². The van der Waals surface area contributed by atoms with E-state index in [1.807, 2.05) is 0 Å². The number of halogens is 1. The van der Waals surface area contributed by atoms with Crippen LogP contribution in [0.25, 0.3) is 0 Å². The molecule has 2 aromatic heterocycles. The Morgan fingerprint density at radius 2 is 2.17 bits per heavy atom. The summed E-state index contributed by atoms with van der Waals surface area (Å²) in [6.07, 6.45) is 5.79. The van der Waals surface area contributed by atoms with Gasteiger partial charge in [-0.1, -0.05) is 11.6 Å². The normalized spacial score (nSPS) is 17.9. The Morgan fingerprint density at radius 3 is 2.79 bits per heavy atom. The number of aromatic nitrogens is 3. The summed E-state index contributed by atoms with van der Waals surface area (Å²) in [5.41, 5.74) is 0.715. The zero-order chi connectivity index (χ0) is 17.3. The van der Waals surface area contributed by atoms with Crippen LogP contribution in [0.3, 0.4) is 0 Å². The molecule has 24 heavy (non-hydrogen) atoms. The van der Waals surface area contributed by atoms with E-state index in [-0.39, 0.29) is 17.7 Å². The molecule has 0 radical (unpaired) electrons. The number of piperidine rings is 1. The fourth-order valence-electron chi connectivity index (χ4n) is 2.80. The van der Waals surface area contributed by atoms with Crippen LogP contribution >= 0.6 is 11.6 Å². The number of carbonyl (C=O) groups is 2. The molecular formula is C16H18ClN5O2. The number of hydrogen-bond acceptors (Lipinski definition) is 4. The van der Waals surface area contributed by atoms with Crippen LogP contribution < -0.4 is 9.80 Å². The molecule has 7 nitrogen and oxygen atoms in total. The molecule has 1 unspecified atom stereocenters. The number of carbonyl (C=O) groups excluding carboxylic acids is 2. The summed E-state index contributed by atoms with van der Waals surface area (Å²) < 4.78 is 1.64. The first-order chi connectivity index (χ1) is 11.5. The number of anilines is 2. The van der Waals surface area contributed by atoms with Crippen molar-refractivity contribution in [3.8, 4) is 0 Å². The predicted octanol–water partition coefficient (Wildman–Crippen LogP) is 1.87. The lowest BCUT2D eigenvalue weighted by Gasteiger charge is -2.32. The van der Waals surface area contributed by atoms with Gasteiger partial charge in [-0.05, 0) is 18.6 Å². The number of hydrogen-bond donors (Lipinski definition) is 0. The van der Waals surface area contributed by atoms with Gasteiger partial charge in [0.1, 0.15) is 5.82 Å². The van der Waals surface area contributed by atoms with Gasteiger partial charge in [-0.15, -0.1) is 0 Å². The molecule has 0 bridgehead atoms. The van der Waals surface area contributed by atoms with Gasteiger partial charge in [-0.3, -0.25) is 19.2 Å². The van der Waals surface area contributed by atoms with Crippen molar-refractivity contribution < 1.29 is 9.59 Å². The zero-order valence-electron chi connectivity index (χ0n) is 13.5. The molecular weight excluding hydrogens is 330 g/mol. The molecule has 3 heterocycles. The van der Waals surface area contributed by atoms with Gasteiger partial charge in [0.2, 0.25) is 11.8 Å². The second kappa shape index (κ2) is 6.60. The largest absolute Gasteiger partial charge is 0.309 e. The SMILES string of the molecule is CN(C(=O)C1CCC(=O)N(c2cnn(C)c2)C1)c1ccc(Cl)cn1. The highest BCUT2D eigenvalue weighted by Crippen LogP contribution is 2.26. The molecule has 1 saturated heterocycles. The molecule has 1 aliphatic heterocycles. The molecule has 0 N–H and O–H groups in total. The average Bonchev–Trinajstić information content (AvgIpc) is 3.01. The highest BCUT2D eigenvalue weighted by Gasteiger charge is 2.33. The summed E-state index contributed by atoms with van der Waals surface area (Å²) in [5.74, 6) is 0.213. The van der Waals surface area contributed by atoms with E-state index in [2.05, 4.69) is 10.1 Å². The third kappa shape index (κ3) is 3.26. The average molecular weight is 348 g/mol. The zero-order valence-corrected chi connectivity index (χ0v) is 14.3. The van der Waals surface area contributed by atoms with Crippen molar-refractivity contribution >= 4 is 34.9 Å². The maximum absolute atomic E-state index is 12.8. The second-order valence-electron chi connectivity index (χ2n) is 5.84. The highest BCUT2D eigenvalue weighted by atomic mass is 35.5. The van der Waals surface area contributed by atoms with Crippen molar-refractivity contribution in [1.82, 2.24) is 14.8 Å². The maximum Gasteiger partial charge on any atom is 0.232 e. The van der Waals surface area contributed by atoms with Crippen molar-refractivity contribution in [2.24, 2.45) is 13.0 Å². The Kier molecular flexibility index (Phi) is 4.53. The van der Waals surface area contributed by atoms with Crippen LogP contribution in [0.5, 0.6) is 0 Å². The Balaban J connectivity index is 1.75. The molecule has 0 aromatic carbocycles. The molecule has 1 aliphatic rings. The van der Waals surface area contributed by atoms with Crippen molar-refractivity contribution in [3.63, 3.8) is 0 Å². The summed E-state index contributed by atoms with van der Waals surface area (Å²) in [5, 5.41) is 4.61. The minimum atomic E-state index is -0.273. The molecule has 3 rings (SSSR count). The fraction of sp³-hybridized carbons (Fsp3) is 0.375. The fourth-order valence-corrected chi connectivity index (χ4v) is 2.91. The van der Waals surface area contributed by atoms with Crippen molar-refractivity contribution in [2.45, 2.75) is 12.8 Å². The Hall–Kier alpha value is -2.41. The Bertz CT molecular complexity index is 758. The van der Waals surface area contributed by atoms with Gasteiger partial charge >= 0.3 is 0 Å². The smallest absolute Gasteiger partial charge is 0.232 e. The van der Waals surface area contributed by atoms with Gasteiger partial charge in [-0.2, -0.15) is 5.10 Å². The van der Waals surface area contributed by atoms with Gasteiger partial charge in [0, 0.05) is 39.5 Å². The first-order valence-corrected chi connectivity index (χ1v) is 8.01. The molecule has 1 fully saturated rings. The Labute approximate surface area is 144 Å². The number of rotatable bonds is 3. The Morgan fingerprint density at radius 1 is 1.38 bits per heavy atom. The molecule has 0 spiro atoms. The number of pyridine rings is 1. The van der Waals surface area contributed by atoms with Crippen LogP contribution in [0.1, 0.15) is 12.8 Å². The van der Waals surface area contributed by atoms with E-state index in [1.165, 1.54) is 11.1 Å². The third-order valence-electron chi connectivity index (χ3n) is 4.15. The number of nitrogens with zero attached hydrogens (tertiary/aromatic N) is 5. The van der Waals surface area contributed by atoms with E-state index in [4.69, 9.17) is 11.6 Å². The van der Waals surface area contributed by atoms with E-state index in [0.29, 0.717) is 35.9 Å². The molecule has 126 valence electrons. The molecule has 0 saturated carbocycles. The van der Waals surface area contributed by atoms with E-state index in [9.17, 15) is 9.59 Å². The molecule has 0 aliphatic carbocycles. The van der Waals surface area contributed by atoms with E-state index < -0.39 is 0 Å². The van der Waals surface area contributed by atoms with Crippen molar-refractivity contribution in [1.29, 1.82) is 0 Å². The van der Waals surface area contributed by atoms with Crippen LogP contribution in [0.2, 0.25) is 5.02 Å². The lowest BCUT2D eigenvalue weighted by Crippen LogP contribution is -2.46. The van der Waals surface area contributed by atoms with Crippen LogP contribution in [0.15, 0.2) is 30.7 Å². The van der Waals surface area contributed by atoms with Crippen LogP contribution in [-0.2, 0) is 16.6 Å². The van der Waals surface area contributed by atoms with Gasteiger partial charge in [-0.25, -0.2) is 4.98 Å². The topological polar surface area (TPSA) is 71.3 Å². The van der Waals surface area contributed by atoms with Crippen molar-refractivity contribution in [3.05, 3.63) is 35.7 Å². The second-order valence-corrected chi connectivity index (χ2v) is 6.28. The van der Waals surface area contributed by atoms with E-state index in [0.717, 1.165) is 0 Å². The van der Waals surface area contributed by atoms with Gasteiger partial charge in [0.15, 0.2) is 0 Å². The first kappa shape index (κ1) is 16.4. The van der Waals surface area contributed by atoms with Crippen LogP contribution in [0.4, 0.5) is 11.5 Å². The molecule has 8 heteroatoms. The summed E-state index contributed by atoms with van der Waals surface area (Å²) in [6.45, 7) is 0.349. The van der Waals surface area contributed by atoms with Gasteiger partial charge in [0.05, 0.1) is 22.8 Å². The quantitative estimate of drug-likeness (QED) is 0.849. The predicted molar refractivity (Wildman–Crippen MR) is 90.9 cm³/mol. The lowest BCUT2D eigenvalue weighted by atomic mass is 9.96. The highest BCUT2D eigenvalue weighted by molar-refractivity contribution is 6.30. The van der Waals surface area contributed by atoms with Crippen LogP contribution in [-0.4, -0.2) is 40.2 Å². The maximum atomic E-state index is 12.8. The van der Waals surface area contributed by atoms with Gasteiger partial charge < -0.3 is 4.90 Å².